The first-order valence-corrected chi connectivity index (χ1v) is 11.1. The molecule has 0 bridgehead atoms. The molecule has 3 aromatic rings. The van der Waals surface area contributed by atoms with Crippen molar-refractivity contribution in [1.29, 1.82) is 0 Å². The molecule has 0 spiro atoms. The number of hydrogen-bond acceptors (Lipinski definition) is 5. The molecule has 0 radical (unpaired) electrons. The summed E-state index contributed by atoms with van der Waals surface area (Å²) in [6.07, 6.45) is 4.00. The van der Waals surface area contributed by atoms with Crippen LogP contribution in [0.2, 0.25) is 0 Å². The van der Waals surface area contributed by atoms with E-state index >= 15 is 0 Å². The van der Waals surface area contributed by atoms with Crippen molar-refractivity contribution in [2.24, 2.45) is 0 Å². The second kappa shape index (κ2) is 8.31. The van der Waals surface area contributed by atoms with Gasteiger partial charge in [0.15, 0.2) is 0 Å². The SMILES string of the molecule is CC(=O)Nc1ccc(C(=O)Nc2sc3c(c2C(=O)c2cccs2)CCCC3)cc1. The first-order chi connectivity index (χ1) is 14.0. The van der Waals surface area contributed by atoms with E-state index in [1.807, 2.05) is 17.5 Å². The zero-order valence-electron chi connectivity index (χ0n) is 15.9. The summed E-state index contributed by atoms with van der Waals surface area (Å²) in [6.45, 7) is 1.44. The molecular formula is C22H20N2O3S2. The van der Waals surface area contributed by atoms with Gasteiger partial charge in [-0.3, -0.25) is 14.4 Å². The number of thiophene rings is 2. The highest BCUT2D eigenvalue weighted by Crippen LogP contribution is 2.40. The smallest absolute Gasteiger partial charge is 0.256 e. The molecule has 7 heteroatoms. The number of amides is 2. The van der Waals surface area contributed by atoms with Gasteiger partial charge >= 0.3 is 0 Å². The predicted octanol–water partition coefficient (Wildman–Crippen LogP) is 5.13. The molecular weight excluding hydrogens is 404 g/mol. The van der Waals surface area contributed by atoms with Gasteiger partial charge in [0.2, 0.25) is 11.7 Å². The summed E-state index contributed by atoms with van der Waals surface area (Å²) in [4.78, 5) is 39.0. The third-order valence-corrected chi connectivity index (χ3v) is 6.91. The van der Waals surface area contributed by atoms with Crippen LogP contribution in [0.25, 0.3) is 0 Å². The van der Waals surface area contributed by atoms with Crippen molar-refractivity contribution in [1.82, 2.24) is 0 Å². The van der Waals surface area contributed by atoms with Gasteiger partial charge in [0.25, 0.3) is 5.91 Å². The Labute approximate surface area is 176 Å². The summed E-state index contributed by atoms with van der Waals surface area (Å²) in [5.41, 5.74) is 2.85. The summed E-state index contributed by atoms with van der Waals surface area (Å²) >= 11 is 2.94. The normalized spacial score (nSPS) is 12.9. The number of carbonyl (C=O) groups excluding carboxylic acids is 3. The zero-order chi connectivity index (χ0) is 20.4. The molecule has 2 amide bonds. The van der Waals surface area contributed by atoms with Gasteiger partial charge in [0.05, 0.1) is 10.4 Å². The number of benzene rings is 1. The van der Waals surface area contributed by atoms with E-state index in [9.17, 15) is 14.4 Å². The summed E-state index contributed by atoms with van der Waals surface area (Å²) < 4.78 is 0. The lowest BCUT2D eigenvalue weighted by molar-refractivity contribution is -0.114. The van der Waals surface area contributed by atoms with E-state index < -0.39 is 0 Å². The van der Waals surface area contributed by atoms with Crippen LogP contribution in [-0.4, -0.2) is 17.6 Å². The van der Waals surface area contributed by atoms with E-state index in [1.54, 1.807) is 24.3 Å². The molecule has 0 saturated carbocycles. The second-order valence-corrected chi connectivity index (χ2v) is 8.99. The highest BCUT2D eigenvalue weighted by Gasteiger charge is 2.27. The molecule has 1 aliphatic carbocycles. The molecule has 4 rings (SSSR count). The Morgan fingerprint density at radius 3 is 2.41 bits per heavy atom. The van der Waals surface area contributed by atoms with E-state index in [1.165, 1.54) is 34.5 Å². The van der Waals surface area contributed by atoms with Gasteiger partial charge in [-0.2, -0.15) is 0 Å². The van der Waals surface area contributed by atoms with Crippen LogP contribution in [0.1, 0.15) is 55.8 Å². The van der Waals surface area contributed by atoms with Crippen LogP contribution < -0.4 is 10.6 Å². The monoisotopic (exact) mass is 424 g/mol. The Hall–Kier alpha value is -2.77. The van der Waals surface area contributed by atoms with Crippen molar-refractivity contribution in [2.45, 2.75) is 32.6 Å². The van der Waals surface area contributed by atoms with Crippen molar-refractivity contribution in [3.05, 3.63) is 68.2 Å². The number of rotatable bonds is 5. The van der Waals surface area contributed by atoms with Crippen LogP contribution in [-0.2, 0) is 17.6 Å². The summed E-state index contributed by atoms with van der Waals surface area (Å²) in [6, 6.07) is 10.4. The van der Waals surface area contributed by atoms with E-state index in [0.29, 0.717) is 26.7 Å². The number of aryl methyl sites for hydroxylation is 1. The number of carbonyl (C=O) groups is 3. The molecule has 2 heterocycles. The summed E-state index contributed by atoms with van der Waals surface area (Å²) in [5, 5.41) is 8.16. The van der Waals surface area contributed by atoms with Gasteiger partial charge in [-0.1, -0.05) is 6.07 Å². The van der Waals surface area contributed by atoms with Gasteiger partial charge in [0.1, 0.15) is 5.00 Å². The second-order valence-electron chi connectivity index (χ2n) is 6.93. The van der Waals surface area contributed by atoms with Gasteiger partial charge in [-0.25, -0.2) is 0 Å². The Morgan fingerprint density at radius 1 is 0.966 bits per heavy atom. The van der Waals surface area contributed by atoms with Crippen molar-refractivity contribution in [3.63, 3.8) is 0 Å². The lowest BCUT2D eigenvalue weighted by Crippen LogP contribution is -2.14. The maximum Gasteiger partial charge on any atom is 0.256 e. The minimum Gasteiger partial charge on any atom is -0.326 e. The van der Waals surface area contributed by atoms with Gasteiger partial charge in [0, 0.05) is 23.1 Å². The molecule has 0 aliphatic heterocycles. The fourth-order valence-electron chi connectivity index (χ4n) is 3.51. The highest BCUT2D eigenvalue weighted by atomic mass is 32.1. The Balaban J connectivity index is 1.63. The Morgan fingerprint density at radius 2 is 1.72 bits per heavy atom. The molecule has 5 nitrogen and oxygen atoms in total. The number of fused-ring (bicyclic) bond motifs is 1. The summed E-state index contributed by atoms with van der Waals surface area (Å²) in [7, 11) is 0. The summed E-state index contributed by atoms with van der Waals surface area (Å²) in [5.74, 6) is -0.447. The Bertz CT molecular complexity index is 1070. The van der Waals surface area contributed by atoms with Crippen LogP contribution in [0.5, 0.6) is 0 Å². The van der Waals surface area contributed by atoms with E-state index in [0.717, 1.165) is 31.2 Å². The quantitative estimate of drug-likeness (QED) is 0.558. The third-order valence-electron chi connectivity index (χ3n) is 4.84. The van der Waals surface area contributed by atoms with E-state index in [4.69, 9.17) is 0 Å². The van der Waals surface area contributed by atoms with E-state index in [2.05, 4.69) is 10.6 Å². The lowest BCUT2D eigenvalue weighted by atomic mass is 9.93. The van der Waals surface area contributed by atoms with Crippen LogP contribution >= 0.6 is 22.7 Å². The van der Waals surface area contributed by atoms with Gasteiger partial charge in [-0.15, -0.1) is 22.7 Å². The van der Waals surface area contributed by atoms with Crippen LogP contribution in [0.3, 0.4) is 0 Å². The highest BCUT2D eigenvalue weighted by molar-refractivity contribution is 7.17. The average Bonchev–Trinajstić information content (AvgIpc) is 3.35. The average molecular weight is 425 g/mol. The van der Waals surface area contributed by atoms with Crippen molar-refractivity contribution >= 4 is 51.0 Å². The topological polar surface area (TPSA) is 75.3 Å². The number of nitrogens with one attached hydrogen (secondary N) is 2. The van der Waals surface area contributed by atoms with Crippen molar-refractivity contribution in [3.8, 4) is 0 Å². The first kappa shape index (κ1) is 19.5. The number of ketones is 1. The van der Waals surface area contributed by atoms with Crippen LogP contribution in [0.4, 0.5) is 10.7 Å². The maximum atomic E-state index is 13.2. The standard InChI is InChI=1S/C22H20N2O3S2/c1-13(25)23-15-10-8-14(9-11-15)21(27)24-22-19(20(26)18-7-4-12-28-18)16-5-2-3-6-17(16)29-22/h4,7-12H,2-3,5-6H2,1H3,(H,23,25)(H,24,27). The molecule has 0 fully saturated rings. The molecule has 0 unspecified atom stereocenters. The van der Waals surface area contributed by atoms with Crippen molar-refractivity contribution in [2.75, 3.05) is 10.6 Å². The third kappa shape index (κ3) is 4.16. The van der Waals surface area contributed by atoms with Crippen LogP contribution in [0.15, 0.2) is 41.8 Å². The predicted molar refractivity (Wildman–Crippen MR) is 117 cm³/mol. The Kier molecular flexibility index (Phi) is 5.60. The molecule has 2 aromatic heterocycles. The molecule has 148 valence electrons. The van der Waals surface area contributed by atoms with Gasteiger partial charge in [-0.05, 0) is 67.0 Å². The number of anilines is 2. The maximum absolute atomic E-state index is 13.2. The number of hydrogen-bond donors (Lipinski definition) is 2. The fourth-order valence-corrected chi connectivity index (χ4v) is 5.46. The largest absolute Gasteiger partial charge is 0.326 e. The molecule has 1 aliphatic rings. The van der Waals surface area contributed by atoms with Crippen LogP contribution in [0, 0.1) is 0 Å². The lowest BCUT2D eigenvalue weighted by Gasteiger charge is -2.12. The molecule has 29 heavy (non-hydrogen) atoms. The van der Waals surface area contributed by atoms with Gasteiger partial charge < -0.3 is 10.6 Å². The first-order valence-electron chi connectivity index (χ1n) is 9.44. The van der Waals surface area contributed by atoms with Crippen molar-refractivity contribution < 1.29 is 14.4 Å². The fraction of sp³-hybridized carbons (Fsp3) is 0.227. The minimum atomic E-state index is -0.266. The zero-order valence-corrected chi connectivity index (χ0v) is 17.5. The molecule has 0 atom stereocenters. The van der Waals surface area contributed by atoms with E-state index in [-0.39, 0.29) is 17.6 Å². The molecule has 0 saturated heterocycles. The molecule has 1 aromatic carbocycles. The minimum absolute atomic E-state index is 0.0179. The molecule has 2 N–H and O–H groups in total.